The zero-order valence-electron chi connectivity index (χ0n) is 18.0. The number of halogens is 1. The summed E-state index contributed by atoms with van der Waals surface area (Å²) in [7, 11) is 0. The molecule has 0 saturated carbocycles. The van der Waals surface area contributed by atoms with Crippen molar-refractivity contribution in [1.82, 2.24) is 20.7 Å². The minimum absolute atomic E-state index is 0. The van der Waals surface area contributed by atoms with Crippen LogP contribution < -0.4 is 15.5 Å². The number of urea groups is 1. The number of aliphatic carboxylic acids is 1. The normalized spacial score (nSPS) is 21.0. The van der Waals surface area contributed by atoms with Crippen molar-refractivity contribution in [3.8, 4) is 0 Å². The molecule has 2 unspecified atom stereocenters. The standard InChI is InChI=1S/C21H31N5O4.ClH/c1-15(27)23-19(20(28)29)14-25-16(2)26(18-6-4-3-5-7-18)21(30)24(25)13-10-17-8-11-22-12-9-17;/h3-7,16-17,19,22H,8-14H2,1-2H3,(H,23,27)(H,28,29);1H. The van der Waals surface area contributed by atoms with Gasteiger partial charge in [-0.05, 0) is 57.3 Å². The topological polar surface area (TPSA) is 105 Å². The van der Waals surface area contributed by atoms with Crippen molar-refractivity contribution in [1.29, 1.82) is 0 Å². The van der Waals surface area contributed by atoms with Crippen LogP contribution in [0.4, 0.5) is 10.5 Å². The van der Waals surface area contributed by atoms with Crippen LogP contribution >= 0.6 is 12.4 Å². The van der Waals surface area contributed by atoms with E-state index in [9.17, 15) is 19.5 Å². The summed E-state index contributed by atoms with van der Waals surface area (Å²) < 4.78 is 0. The fourth-order valence-electron chi connectivity index (χ4n) is 4.21. The van der Waals surface area contributed by atoms with E-state index in [-0.39, 0.29) is 31.1 Å². The summed E-state index contributed by atoms with van der Waals surface area (Å²) in [6, 6.07) is 8.09. The number of rotatable bonds is 8. The molecule has 1 aromatic rings. The molecule has 2 atom stereocenters. The Morgan fingerprint density at radius 1 is 1.23 bits per heavy atom. The molecule has 2 fully saturated rings. The van der Waals surface area contributed by atoms with Gasteiger partial charge in [-0.15, -0.1) is 12.4 Å². The highest BCUT2D eigenvalue weighted by atomic mass is 35.5. The number of piperidine rings is 1. The summed E-state index contributed by atoms with van der Waals surface area (Å²) in [5.74, 6) is -1.00. The average Bonchev–Trinajstić information content (AvgIpc) is 2.96. The summed E-state index contributed by atoms with van der Waals surface area (Å²) in [6.07, 6.45) is 2.63. The monoisotopic (exact) mass is 453 g/mol. The molecule has 0 aromatic heterocycles. The second kappa shape index (κ2) is 11.3. The third-order valence-electron chi connectivity index (χ3n) is 5.83. The first-order valence-electron chi connectivity index (χ1n) is 10.5. The van der Waals surface area contributed by atoms with E-state index < -0.39 is 17.9 Å². The molecule has 2 aliphatic rings. The predicted molar refractivity (Wildman–Crippen MR) is 120 cm³/mol. The molecule has 3 rings (SSSR count). The first-order valence-corrected chi connectivity index (χ1v) is 10.5. The molecule has 0 spiro atoms. The number of hydrogen-bond donors (Lipinski definition) is 3. The molecular formula is C21H32ClN5O4. The van der Waals surface area contributed by atoms with Gasteiger partial charge in [-0.25, -0.2) is 9.59 Å². The maximum absolute atomic E-state index is 13.3. The number of carboxylic acids is 1. The highest BCUT2D eigenvalue weighted by molar-refractivity contribution is 5.94. The van der Waals surface area contributed by atoms with Crippen molar-refractivity contribution in [2.75, 3.05) is 31.1 Å². The van der Waals surface area contributed by atoms with E-state index in [1.54, 1.807) is 14.9 Å². The number of hydrogen-bond acceptors (Lipinski definition) is 5. The molecule has 2 aliphatic heterocycles. The van der Waals surface area contributed by atoms with Crippen LogP contribution in [0.5, 0.6) is 0 Å². The van der Waals surface area contributed by atoms with Crippen LogP contribution in [-0.2, 0) is 9.59 Å². The molecule has 2 heterocycles. The third-order valence-corrected chi connectivity index (χ3v) is 5.83. The number of carbonyl (C=O) groups excluding carboxylic acids is 2. The molecule has 0 bridgehead atoms. The van der Waals surface area contributed by atoms with E-state index >= 15 is 0 Å². The van der Waals surface area contributed by atoms with Crippen LogP contribution in [0, 0.1) is 5.92 Å². The lowest BCUT2D eigenvalue weighted by atomic mass is 9.95. The minimum atomic E-state index is -1.12. The van der Waals surface area contributed by atoms with Crippen molar-refractivity contribution in [2.24, 2.45) is 5.92 Å². The minimum Gasteiger partial charge on any atom is -0.480 e. The molecule has 172 valence electrons. The highest BCUT2D eigenvalue weighted by Crippen LogP contribution is 2.29. The summed E-state index contributed by atoms with van der Waals surface area (Å²) in [5.41, 5.74) is 0.760. The molecule has 3 N–H and O–H groups in total. The number of hydrazine groups is 1. The van der Waals surface area contributed by atoms with Gasteiger partial charge < -0.3 is 15.7 Å². The SMILES string of the molecule is CC(=O)NC(CN1C(C)N(c2ccccc2)C(=O)N1CCC1CCNCC1)C(=O)O.Cl. The van der Waals surface area contributed by atoms with Gasteiger partial charge >= 0.3 is 12.0 Å². The molecule has 10 heteroatoms. The molecule has 9 nitrogen and oxygen atoms in total. The lowest BCUT2D eigenvalue weighted by Gasteiger charge is -2.33. The molecule has 31 heavy (non-hydrogen) atoms. The molecule has 1 aromatic carbocycles. The Balaban J connectivity index is 0.00000341. The quantitative estimate of drug-likeness (QED) is 0.555. The van der Waals surface area contributed by atoms with Crippen molar-refractivity contribution in [3.63, 3.8) is 0 Å². The first-order chi connectivity index (χ1) is 14.4. The summed E-state index contributed by atoms with van der Waals surface area (Å²) in [6.45, 7) is 5.67. The number of nitrogens with one attached hydrogen (secondary N) is 2. The van der Waals surface area contributed by atoms with Crippen LogP contribution in [0.25, 0.3) is 0 Å². The number of benzene rings is 1. The molecule has 0 aliphatic carbocycles. The third kappa shape index (κ3) is 6.09. The van der Waals surface area contributed by atoms with Crippen molar-refractivity contribution in [2.45, 2.75) is 45.3 Å². The van der Waals surface area contributed by atoms with Gasteiger partial charge in [0.2, 0.25) is 5.91 Å². The lowest BCUT2D eigenvalue weighted by Crippen LogP contribution is -2.53. The number of nitrogens with zero attached hydrogens (tertiary/aromatic N) is 3. The van der Waals surface area contributed by atoms with Gasteiger partial charge in [0.25, 0.3) is 0 Å². The molecule has 3 amide bonds. The number of carboxylic acid groups (broad SMARTS) is 1. The lowest BCUT2D eigenvalue weighted by molar-refractivity contribution is -0.143. The van der Waals surface area contributed by atoms with E-state index in [0.717, 1.165) is 38.0 Å². The Bertz CT molecular complexity index is 759. The summed E-state index contributed by atoms with van der Waals surface area (Å²) in [4.78, 5) is 38.2. The Kier molecular flexibility index (Phi) is 9.09. The second-order valence-electron chi connectivity index (χ2n) is 7.94. The highest BCUT2D eigenvalue weighted by Gasteiger charge is 2.44. The summed E-state index contributed by atoms with van der Waals surface area (Å²) in [5, 5.41) is 18.8. The van der Waals surface area contributed by atoms with Crippen LogP contribution in [0.15, 0.2) is 30.3 Å². The van der Waals surface area contributed by atoms with Gasteiger partial charge in [0.15, 0.2) is 0 Å². The molecule has 0 radical (unpaired) electrons. The average molecular weight is 454 g/mol. The van der Waals surface area contributed by atoms with E-state index in [1.165, 1.54) is 6.92 Å². The van der Waals surface area contributed by atoms with Crippen LogP contribution in [0.1, 0.15) is 33.1 Å². The maximum Gasteiger partial charge on any atom is 0.340 e. The smallest absolute Gasteiger partial charge is 0.340 e. The Hall–Kier alpha value is -2.36. The van der Waals surface area contributed by atoms with Crippen molar-refractivity contribution in [3.05, 3.63) is 30.3 Å². The van der Waals surface area contributed by atoms with Crippen molar-refractivity contribution < 1.29 is 19.5 Å². The number of amides is 3. The van der Waals surface area contributed by atoms with Gasteiger partial charge in [0.05, 0.1) is 6.54 Å². The number of anilines is 1. The molecular weight excluding hydrogens is 422 g/mol. The molecule has 2 saturated heterocycles. The Labute approximate surface area is 189 Å². The van der Waals surface area contributed by atoms with E-state index in [2.05, 4.69) is 10.6 Å². The zero-order valence-corrected chi connectivity index (χ0v) is 18.8. The van der Waals surface area contributed by atoms with Crippen LogP contribution in [0.3, 0.4) is 0 Å². The van der Waals surface area contributed by atoms with Gasteiger partial charge in [-0.3, -0.25) is 14.7 Å². The Morgan fingerprint density at radius 2 is 1.87 bits per heavy atom. The fourth-order valence-corrected chi connectivity index (χ4v) is 4.21. The Morgan fingerprint density at radius 3 is 2.45 bits per heavy atom. The van der Waals surface area contributed by atoms with E-state index in [1.807, 2.05) is 37.3 Å². The van der Waals surface area contributed by atoms with Crippen molar-refractivity contribution >= 4 is 36.0 Å². The summed E-state index contributed by atoms with van der Waals surface area (Å²) >= 11 is 0. The first kappa shape index (κ1) is 24.9. The van der Waals surface area contributed by atoms with E-state index in [4.69, 9.17) is 0 Å². The number of para-hydroxylation sites is 1. The van der Waals surface area contributed by atoms with Gasteiger partial charge in [-0.2, -0.15) is 5.01 Å². The van der Waals surface area contributed by atoms with Gasteiger partial charge in [-0.1, -0.05) is 18.2 Å². The van der Waals surface area contributed by atoms with Gasteiger partial charge in [0.1, 0.15) is 12.2 Å². The second-order valence-corrected chi connectivity index (χ2v) is 7.94. The van der Waals surface area contributed by atoms with E-state index in [0.29, 0.717) is 12.5 Å². The maximum atomic E-state index is 13.3. The predicted octanol–water partition coefficient (Wildman–Crippen LogP) is 1.89. The number of carbonyl (C=O) groups is 3. The van der Waals surface area contributed by atoms with Crippen LogP contribution in [0.2, 0.25) is 0 Å². The fraction of sp³-hybridized carbons (Fsp3) is 0.571. The zero-order chi connectivity index (χ0) is 21.7. The van der Waals surface area contributed by atoms with Gasteiger partial charge in [0, 0.05) is 19.2 Å². The largest absolute Gasteiger partial charge is 0.480 e. The van der Waals surface area contributed by atoms with Crippen LogP contribution in [-0.4, -0.2) is 71.4 Å².